The zero-order chi connectivity index (χ0) is 19.4. The Balaban J connectivity index is 1.69. The minimum absolute atomic E-state index is 0.0970. The summed E-state index contributed by atoms with van der Waals surface area (Å²) < 4.78 is 12.1. The molecule has 1 aromatic heterocycles. The van der Waals surface area contributed by atoms with E-state index < -0.39 is 18.5 Å². The van der Waals surface area contributed by atoms with Crippen LogP contribution in [0.1, 0.15) is 30.2 Å². The van der Waals surface area contributed by atoms with Crippen LogP contribution < -0.4 is 10.1 Å². The summed E-state index contributed by atoms with van der Waals surface area (Å²) in [6, 6.07) is 12.9. The zero-order valence-electron chi connectivity index (χ0n) is 15.4. The summed E-state index contributed by atoms with van der Waals surface area (Å²) in [7, 11) is 1.49. The highest BCUT2D eigenvalue weighted by Crippen LogP contribution is 2.26. The van der Waals surface area contributed by atoms with E-state index in [0.717, 1.165) is 10.8 Å². The average Bonchev–Trinajstić information content (AvgIpc) is 3.13. The lowest BCUT2D eigenvalue weighted by molar-refractivity contribution is -0.119. The highest BCUT2D eigenvalue weighted by Gasteiger charge is 2.17. The molecule has 0 atom stereocenters. The van der Waals surface area contributed by atoms with E-state index in [0.29, 0.717) is 11.6 Å². The van der Waals surface area contributed by atoms with Gasteiger partial charge in [-0.25, -0.2) is 9.48 Å². The number of rotatable bonds is 6. The third kappa shape index (κ3) is 4.08. The van der Waals surface area contributed by atoms with Crippen LogP contribution in [-0.2, 0) is 9.53 Å². The van der Waals surface area contributed by atoms with E-state index in [4.69, 9.17) is 9.47 Å². The fraction of sp³-hybridized carbons (Fsp3) is 0.250. The van der Waals surface area contributed by atoms with E-state index in [1.54, 1.807) is 29.1 Å². The molecule has 140 valence electrons. The molecule has 0 spiro atoms. The van der Waals surface area contributed by atoms with E-state index in [1.807, 2.05) is 38.1 Å². The van der Waals surface area contributed by atoms with Crippen molar-refractivity contribution in [2.24, 2.45) is 0 Å². The van der Waals surface area contributed by atoms with Crippen LogP contribution in [0.3, 0.4) is 0 Å². The molecule has 0 aliphatic heterocycles. The van der Waals surface area contributed by atoms with Gasteiger partial charge in [-0.05, 0) is 36.8 Å². The molecule has 1 N–H and O–H groups in total. The fourth-order valence-corrected chi connectivity index (χ4v) is 2.76. The minimum atomic E-state index is -0.620. The van der Waals surface area contributed by atoms with Gasteiger partial charge < -0.3 is 14.8 Å². The molecule has 0 bridgehead atoms. The number of benzene rings is 2. The topological polar surface area (TPSA) is 82.4 Å². The molecule has 1 amide bonds. The normalized spacial score (nSPS) is 10.8. The number of hydrogen-bond donors (Lipinski definition) is 1. The van der Waals surface area contributed by atoms with Gasteiger partial charge in [-0.2, -0.15) is 5.10 Å². The first-order valence-electron chi connectivity index (χ1n) is 8.57. The number of hydrogen-bond acceptors (Lipinski definition) is 5. The molecule has 7 nitrogen and oxygen atoms in total. The maximum atomic E-state index is 12.5. The maximum Gasteiger partial charge on any atom is 0.342 e. The molecule has 0 unspecified atom stereocenters. The Morgan fingerprint density at radius 2 is 1.85 bits per heavy atom. The number of carbonyl (C=O) groups excluding carboxylic acids is 2. The number of nitrogens with one attached hydrogen (secondary N) is 1. The summed E-state index contributed by atoms with van der Waals surface area (Å²) in [5.74, 6) is -0.109. The van der Waals surface area contributed by atoms with E-state index in [-0.39, 0.29) is 11.6 Å². The number of esters is 1. The Morgan fingerprint density at radius 3 is 2.52 bits per heavy atom. The lowest BCUT2D eigenvalue weighted by Gasteiger charge is -2.13. The predicted octanol–water partition coefficient (Wildman–Crippen LogP) is 3.42. The average molecular weight is 367 g/mol. The van der Waals surface area contributed by atoms with Crippen LogP contribution in [-0.4, -0.2) is 35.4 Å². The summed E-state index contributed by atoms with van der Waals surface area (Å²) in [4.78, 5) is 24.6. The third-order valence-corrected chi connectivity index (χ3v) is 4.05. The Hall–Kier alpha value is -3.35. The van der Waals surface area contributed by atoms with Gasteiger partial charge in [0.05, 0.1) is 13.3 Å². The number of methoxy groups -OCH3 is 1. The number of nitrogens with zero attached hydrogens (tertiary/aromatic N) is 2. The van der Waals surface area contributed by atoms with Gasteiger partial charge in [0.1, 0.15) is 17.1 Å². The van der Waals surface area contributed by atoms with Gasteiger partial charge in [0.15, 0.2) is 6.61 Å². The number of carbonyl (C=O) groups is 2. The van der Waals surface area contributed by atoms with Crippen molar-refractivity contribution < 1.29 is 19.1 Å². The molecule has 3 aromatic rings. The van der Waals surface area contributed by atoms with Crippen molar-refractivity contribution >= 4 is 28.5 Å². The number of fused-ring (bicyclic) bond motifs is 1. The van der Waals surface area contributed by atoms with E-state index in [1.165, 1.54) is 7.11 Å². The van der Waals surface area contributed by atoms with Gasteiger partial charge in [-0.1, -0.05) is 24.3 Å². The maximum absolute atomic E-state index is 12.5. The number of amides is 1. The summed E-state index contributed by atoms with van der Waals surface area (Å²) in [6.45, 7) is 3.50. The molecule has 2 aromatic carbocycles. The second-order valence-electron chi connectivity index (χ2n) is 6.28. The van der Waals surface area contributed by atoms with Crippen molar-refractivity contribution in [2.75, 3.05) is 19.0 Å². The molecule has 0 saturated heterocycles. The van der Waals surface area contributed by atoms with Gasteiger partial charge >= 0.3 is 5.97 Å². The van der Waals surface area contributed by atoms with Gasteiger partial charge in [-0.3, -0.25) is 4.79 Å². The third-order valence-electron chi connectivity index (χ3n) is 4.05. The molecule has 0 fully saturated rings. The lowest BCUT2D eigenvalue weighted by Crippen LogP contribution is -2.23. The Kier molecular flexibility index (Phi) is 5.40. The minimum Gasteiger partial charge on any atom is -0.496 e. The van der Waals surface area contributed by atoms with Gasteiger partial charge in [0, 0.05) is 12.1 Å². The molecular formula is C20H21N3O4. The molecule has 1 heterocycles. The van der Waals surface area contributed by atoms with Crippen LogP contribution >= 0.6 is 0 Å². The largest absolute Gasteiger partial charge is 0.496 e. The first kappa shape index (κ1) is 18.4. The summed E-state index contributed by atoms with van der Waals surface area (Å²) in [5.41, 5.74) is 0.274. The molecular weight excluding hydrogens is 346 g/mol. The van der Waals surface area contributed by atoms with E-state index in [2.05, 4.69) is 10.4 Å². The van der Waals surface area contributed by atoms with Gasteiger partial charge in [0.2, 0.25) is 0 Å². The summed E-state index contributed by atoms with van der Waals surface area (Å²) in [6.07, 6.45) is 1.60. The van der Waals surface area contributed by atoms with E-state index >= 15 is 0 Å². The number of aromatic nitrogens is 2. The van der Waals surface area contributed by atoms with Crippen LogP contribution in [0.4, 0.5) is 5.82 Å². The Bertz CT molecular complexity index is 978. The molecule has 7 heteroatoms. The van der Waals surface area contributed by atoms with Crippen molar-refractivity contribution in [1.82, 2.24) is 9.78 Å². The van der Waals surface area contributed by atoms with Gasteiger partial charge in [-0.15, -0.1) is 0 Å². The second-order valence-corrected chi connectivity index (χ2v) is 6.28. The van der Waals surface area contributed by atoms with Gasteiger partial charge in [0.25, 0.3) is 5.91 Å². The molecule has 0 saturated carbocycles. The monoisotopic (exact) mass is 367 g/mol. The highest BCUT2D eigenvalue weighted by atomic mass is 16.5. The van der Waals surface area contributed by atoms with Crippen molar-refractivity contribution in [3.63, 3.8) is 0 Å². The molecule has 0 aliphatic carbocycles. The van der Waals surface area contributed by atoms with Crippen molar-refractivity contribution in [2.45, 2.75) is 19.9 Å². The first-order chi connectivity index (χ1) is 13.0. The SMILES string of the molecule is COc1cc2ccccc2cc1C(=O)OCC(=O)Nc1ccnn1C(C)C. The van der Waals surface area contributed by atoms with Crippen LogP contribution in [0.5, 0.6) is 5.75 Å². The number of anilines is 1. The fourth-order valence-electron chi connectivity index (χ4n) is 2.76. The quantitative estimate of drug-likeness (QED) is 0.675. The lowest BCUT2D eigenvalue weighted by atomic mass is 10.1. The van der Waals surface area contributed by atoms with Crippen molar-refractivity contribution in [3.05, 3.63) is 54.2 Å². The standard InChI is InChI=1S/C20H21N3O4/c1-13(2)23-18(8-9-21-23)22-19(24)12-27-20(25)16-10-14-6-4-5-7-15(14)11-17(16)26-3/h4-11,13H,12H2,1-3H3,(H,22,24). The Labute approximate surface area is 156 Å². The smallest absolute Gasteiger partial charge is 0.342 e. The molecule has 0 aliphatic rings. The Morgan fingerprint density at radius 1 is 1.15 bits per heavy atom. The van der Waals surface area contributed by atoms with Crippen LogP contribution in [0.15, 0.2) is 48.7 Å². The van der Waals surface area contributed by atoms with Crippen molar-refractivity contribution in [1.29, 1.82) is 0 Å². The van der Waals surface area contributed by atoms with Crippen LogP contribution in [0.2, 0.25) is 0 Å². The molecule has 3 rings (SSSR count). The molecule has 0 radical (unpaired) electrons. The zero-order valence-corrected chi connectivity index (χ0v) is 15.4. The van der Waals surface area contributed by atoms with Crippen LogP contribution in [0.25, 0.3) is 10.8 Å². The van der Waals surface area contributed by atoms with Crippen LogP contribution in [0, 0.1) is 0 Å². The predicted molar refractivity (Wildman–Crippen MR) is 102 cm³/mol. The van der Waals surface area contributed by atoms with Crippen molar-refractivity contribution in [3.8, 4) is 5.75 Å². The summed E-state index contributed by atoms with van der Waals surface area (Å²) >= 11 is 0. The second kappa shape index (κ2) is 7.90. The molecule has 27 heavy (non-hydrogen) atoms. The number of ether oxygens (including phenoxy) is 2. The highest BCUT2D eigenvalue weighted by molar-refractivity contribution is 6.00. The first-order valence-corrected chi connectivity index (χ1v) is 8.57. The summed E-state index contributed by atoms with van der Waals surface area (Å²) in [5, 5.41) is 8.67. The van der Waals surface area contributed by atoms with E-state index in [9.17, 15) is 9.59 Å².